The first-order valence-corrected chi connectivity index (χ1v) is 7.81. The summed E-state index contributed by atoms with van der Waals surface area (Å²) in [5.74, 6) is -0.359. The van der Waals surface area contributed by atoms with E-state index in [-0.39, 0.29) is 11.7 Å². The Bertz CT molecular complexity index is 913. The van der Waals surface area contributed by atoms with E-state index < -0.39 is 5.41 Å². The molecule has 0 aliphatic carbocycles. The highest BCUT2D eigenvalue weighted by molar-refractivity contribution is 6.06. The molecule has 2 aromatic carbocycles. The molecule has 0 fully saturated rings. The molecule has 4 heteroatoms. The van der Waals surface area contributed by atoms with Crippen LogP contribution in [0.25, 0.3) is 22.0 Å². The van der Waals surface area contributed by atoms with Crippen molar-refractivity contribution in [2.24, 2.45) is 5.41 Å². The first-order chi connectivity index (χ1) is 11.4. The van der Waals surface area contributed by atoms with E-state index >= 15 is 0 Å². The van der Waals surface area contributed by atoms with Gasteiger partial charge in [0.15, 0.2) is 0 Å². The maximum absolute atomic E-state index is 13.6. The van der Waals surface area contributed by atoms with Gasteiger partial charge in [-0.15, -0.1) is 0 Å². The van der Waals surface area contributed by atoms with E-state index in [1.54, 1.807) is 12.3 Å². The molecule has 0 radical (unpaired) electrons. The minimum atomic E-state index is -0.498. The second-order valence-electron chi connectivity index (χ2n) is 6.77. The minimum absolute atomic E-state index is 0.0760. The van der Waals surface area contributed by atoms with Crippen molar-refractivity contribution in [3.63, 3.8) is 0 Å². The standard InChI is InChI=1S/C20H19FN2O/c1-20(2,3)19(24)23-17-10-9-15(13-6-4-7-14(21)12-13)16-8-5-11-22-18(16)17/h4-12H,1-3H3,(H,23,24). The molecule has 3 nitrogen and oxygen atoms in total. The summed E-state index contributed by atoms with van der Waals surface area (Å²) in [6.07, 6.45) is 1.68. The third-order valence-corrected chi connectivity index (χ3v) is 3.83. The number of carbonyl (C=O) groups is 1. The van der Waals surface area contributed by atoms with E-state index in [1.807, 2.05) is 51.1 Å². The Labute approximate surface area is 140 Å². The number of aromatic nitrogens is 1. The molecule has 0 aliphatic heterocycles. The number of nitrogens with zero attached hydrogens (tertiary/aromatic N) is 1. The van der Waals surface area contributed by atoms with Crippen LogP contribution in [0.3, 0.4) is 0 Å². The Morgan fingerprint density at radius 1 is 1.08 bits per heavy atom. The third kappa shape index (κ3) is 3.13. The fourth-order valence-corrected chi connectivity index (χ4v) is 2.49. The number of rotatable bonds is 2. The highest BCUT2D eigenvalue weighted by Gasteiger charge is 2.22. The van der Waals surface area contributed by atoms with E-state index in [9.17, 15) is 9.18 Å². The van der Waals surface area contributed by atoms with Gasteiger partial charge < -0.3 is 5.32 Å². The van der Waals surface area contributed by atoms with Crippen LogP contribution in [0, 0.1) is 11.2 Å². The molecule has 122 valence electrons. The van der Waals surface area contributed by atoms with Crippen LogP contribution >= 0.6 is 0 Å². The molecule has 1 aromatic heterocycles. The number of fused-ring (bicyclic) bond motifs is 1. The summed E-state index contributed by atoms with van der Waals surface area (Å²) in [5.41, 5.74) is 2.51. The molecule has 24 heavy (non-hydrogen) atoms. The van der Waals surface area contributed by atoms with Gasteiger partial charge in [-0.2, -0.15) is 0 Å². The molecule has 3 aromatic rings. The Balaban J connectivity index is 2.13. The second-order valence-corrected chi connectivity index (χ2v) is 6.77. The number of carbonyl (C=O) groups excluding carboxylic acids is 1. The van der Waals surface area contributed by atoms with Gasteiger partial charge in [0.2, 0.25) is 5.91 Å². The average molecular weight is 322 g/mol. The predicted octanol–water partition coefficient (Wildman–Crippen LogP) is 5.03. The third-order valence-electron chi connectivity index (χ3n) is 3.83. The van der Waals surface area contributed by atoms with Crippen molar-refractivity contribution in [3.8, 4) is 11.1 Å². The van der Waals surface area contributed by atoms with E-state index in [4.69, 9.17) is 0 Å². The molecule has 0 saturated heterocycles. The summed E-state index contributed by atoms with van der Waals surface area (Å²) in [6, 6.07) is 13.9. The highest BCUT2D eigenvalue weighted by atomic mass is 19.1. The largest absolute Gasteiger partial charge is 0.324 e. The van der Waals surface area contributed by atoms with Gasteiger partial charge in [-0.1, -0.05) is 45.0 Å². The maximum atomic E-state index is 13.6. The Kier molecular flexibility index (Phi) is 4.06. The van der Waals surface area contributed by atoms with Gasteiger partial charge in [0, 0.05) is 17.0 Å². The number of benzene rings is 2. The summed E-state index contributed by atoms with van der Waals surface area (Å²) in [6.45, 7) is 5.58. The predicted molar refractivity (Wildman–Crippen MR) is 95.2 cm³/mol. The lowest BCUT2D eigenvalue weighted by molar-refractivity contribution is -0.123. The first-order valence-electron chi connectivity index (χ1n) is 7.81. The zero-order valence-corrected chi connectivity index (χ0v) is 13.9. The fourth-order valence-electron chi connectivity index (χ4n) is 2.49. The molecule has 1 heterocycles. The van der Waals surface area contributed by atoms with Crippen LogP contribution in [0.15, 0.2) is 54.7 Å². The van der Waals surface area contributed by atoms with Crippen molar-refractivity contribution in [3.05, 3.63) is 60.5 Å². The van der Waals surface area contributed by atoms with Crippen LogP contribution in [-0.2, 0) is 4.79 Å². The van der Waals surface area contributed by atoms with E-state index in [1.165, 1.54) is 12.1 Å². The average Bonchev–Trinajstić information content (AvgIpc) is 2.54. The number of nitrogens with one attached hydrogen (secondary N) is 1. The lowest BCUT2D eigenvalue weighted by Crippen LogP contribution is -2.27. The quantitative estimate of drug-likeness (QED) is 0.719. The zero-order chi connectivity index (χ0) is 17.3. The molecular formula is C20H19FN2O. The molecule has 0 spiro atoms. The Hall–Kier alpha value is -2.75. The lowest BCUT2D eigenvalue weighted by Gasteiger charge is -2.19. The summed E-state index contributed by atoms with van der Waals surface area (Å²) < 4.78 is 13.6. The maximum Gasteiger partial charge on any atom is 0.229 e. The van der Waals surface area contributed by atoms with Crippen molar-refractivity contribution < 1.29 is 9.18 Å². The molecule has 1 N–H and O–H groups in total. The fraction of sp³-hybridized carbons (Fsp3) is 0.200. The van der Waals surface area contributed by atoms with Crippen LogP contribution in [0.2, 0.25) is 0 Å². The molecule has 0 saturated carbocycles. The molecule has 0 bridgehead atoms. The summed E-state index contributed by atoms with van der Waals surface area (Å²) >= 11 is 0. The van der Waals surface area contributed by atoms with E-state index in [0.717, 1.165) is 16.5 Å². The number of pyridine rings is 1. The zero-order valence-electron chi connectivity index (χ0n) is 13.9. The van der Waals surface area contributed by atoms with Gasteiger partial charge in [0.05, 0.1) is 11.2 Å². The van der Waals surface area contributed by atoms with Gasteiger partial charge in [0.25, 0.3) is 0 Å². The molecular weight excluding hydrogens is 303 g/mol. The molecule has 1 amide bonds. The molecule has 0 aliphatic rings. The normalized spacial score (nSPS) is 11.5. The van der Waals surface area contributed by atoms with Crippen molar-refractivity contribution in [2.45, 2.75) is 20.8 Å². The number of hydrogen-bond donors (Lipinski definition) is 1. The topological polar surface area (TPSA) is 42.0 Å². The van der Waals surface area contributed by atoms with Crippen LogP contribution in [0.1, 0.15) is 20.8 Å². The Morgan fingerprint density at radius 2 is 1.88 bits per heavy atom. The van der Waals surface area contributed by atoms with Gasteiger partial charge in [0.1, 0.15) is 5.82 Å². The monoisotopic (exact) mass is 322 g/mol. The van der Waals surface area contributed by atoms with Crippen LogP contribution in [-0.4, -0.2) is 10.9 Å². The summed E-state index contributed by atoms with van der Waals surface area (Å²) in [5, 5.41) is 3.81. The smallest absolute Gasteiger partial charge is 0.229 e. The van der Waals surface area contributed by atoms with Crippen molar-refractivity contribution in [1.29, 1.82) is 0 Å². The molecule has 0 atom stereocenters. The highest BCUT2D eigenvalue weighted by Crippen LogP contribution is 2.33. The van der Waals surface area contributed by atoms with Gasteiger partial charge in [-0.05, 0) is 35.4 Å². The SMILES string of the molecule is CC(C)(C)C(=O)Nc1ccc(-c2cccc(F)c2)c2cccnc12. The second kappa shape index (κ2) is 6.04. The minimum Gasteiger partial charge on any atom is -0.324 e. The number of amides is 1. The van der Waals surface area contributed by atoms with Crippen LogP contribution < -0.4 is 5.32 Å². The van der Waals surface area contributed by atoms with Gasteiger partial charge in [-0.25, -0.2) is 4.39 Å². The Morgan fingerprint density at radius 3 is 2.58 bits per heavy atom. The van der Waals surface area contributed by atoms with E-state index in [0.29, 0.717) is 11.2 Å². The summed E-state index contributed by atoms with van der Waals surface area (Å²) in [7, 11) is 0. The summed E-state index contributed by atoms with van der Waals surface area (Å²) in [4.78, 5) is 16.7. The van der Waals surface area contributed by atoms with Gasteiger partial charge >= 0.3 is 0 Å². The molecule has 0 unspecified atom stereocenters. The van der Waals surface area contributed by atoms with Crippen molar-refractivity contribution in [1.82, 2.24) is 4.98 Å². The number of anilines is 1. The van der Waals surface area contributed by atoms with E-state index in [2.05, 4.69) is 10.3 Å². The lowest BCUT2D eigenvalue weighted by atomic mass is 9.95. The number of halogens is 1. The number of hydrogen-bond acceptors (Lipinski definition) is 2. The first kappa shape index (κ1) is 16.1. The van der Waals surface area contributed by atoms with Crippen molar-refractivity contribution in [2.75, 3.05) is 5.32 Å². The van der Waals surface area contributed by atoms with Crippen LogP contribution in [0.4, 0.5) is 10.1 Å². The molecule has 3 rings (SSSR count). The van der Waals surface area contributed by atoms with Gasteiger partial charge in [-0.3, -0.25) is 9.78 Å². The van der Waals surface area contributed by atoms with Crippen LogP contribution in [0.5, 0.6) is 0 Å². The van der Waals surface area contributed by atoms with Crippen molar-refractivity contribution >= 4 is 22.5 Å².